The Balaban J connectivity index is 0.00000301. The van der Waals surface area contributed by atoms with Gasteiger partial charge in [0.1, 0.15) is 5.82 Å². The van der Waals surface area contributed by atoms with Crippen LogP contribution in [0, 0.1) is 11.7 Å². The summed E-state index contributed by atoms with van der Waals surface area (Å²) in [5.41, 5.74) is 8.14. The van der Waals surface area contributed by atoms with Gasteiger partial charge in [-0.1, -0.05) is 54.4 Å². The van der Waals surface area contributed by atoms with Gasteiger partial charge in [-0.15, -0.1) is 0 Å². The summed E-state index contributed by atoms with van der Waals surface area (Å²) < 4.78 is 13.7. The molecule has 0 aliphatic rings. The smallest absolute Gasteiger partial charge is 0.125 e. The molecule has 3 nitrogen and oxygen atoms in total. The molecule has 3 N–H and O–H groups in total. The second-order valence-corrected chi connectivity index (χ2v) is 6.55. The lowest BCUT2D eigenvalue weighted by Gasteiger charge is -2.12. The van der Waals surface area contributed by atoms with E-state index in [4.69, 9.17) is 5.73 Å². The van der Waals surface area contributed by atoms with E-state index in [1.54, 1.807) is 18.5 Å². The highest BCUT2D eigenvalue weighted by Crippen LogP contribution is 2.22. The van der Waals surface area contributed by atoms with Crippen molar-refractivity contribution in [3.05, 3.63) is 41.4 Å². The second-order valence-electron chi connectivity index (χ2n) is 6.55. The van der Waals surface area contributed by atoms with Crippen LogP contribution in [0.5, 0.6) is 0 Å². The van der Waals surface area contributed by atoms with Crippen LogP contribution in [-0.4, -0.2) is 19.3 Å². The molecule has 148 valence electrons. The quantitative estimate of drug-likeness (QED) is 0.399. The van der Waals surface area contributed by atoms with Gasteiger partial charge in [0.25, 0.3) is 0 Å². The molecule has 0 radical (unpaired) electrons. The first-order chi connectivity index (χ1) is 12.5. The molecule has 0 saturated carbocycles. The first-order valence-electron chi connectivity index (χ1n) is 9.96. The topological polar surface area (TPSA) is 50.4 Å². The van der Waals surface area contributed by atoms with E-state index in [0.29, 0.717) is 12.2 Å². The molecular formula is C22H38FN3. The van der Waals surface area contributed by atoms with E-state index in [1.807, 2.05) is 33.8 Å². The zero-order chi connectivity index (χ0) is 19.9. The maximum absolute atomic E-state index is 13.7. The van der Waals surface area contributed by atoms with Crippen LogP contribution in [0.1, 0.15) is 72.3 Å². The van der Waals surface area contributed by atoms with Gasteiger partial charge in [0.05, 0.1) is 5.69 Å². The standard InChI is InChI=1S/C20H32FN3.C2H6/c1-5-16(6-2)7-8-23-13-17(12-22)14-24-20-10-18(15(3)4)9-19(21)11-20;1-2/h9-12,14-16,23H,5-8,13,22H2,1-4H3;1-2H3/b17-12-,24-14?;. The van der Waals surface area contributed by atoms with Gasteiger partial charge in [0.2, 0.25) is 0 Å². The molecule has 0 amide bonds. The average molecular weight is 364 g/mol. The van der Waals surface area contributed by atoms with Gasteiger partial charge in [-0.25, -0.2) is 4.39 Å². The van der Waals surface area contributed by atoms with E-state index in [2.05, 4.69) is 24.2 Å². The maximum Gasteiger partial charge on any atom is 0.125 e. The van der Waals surface area contributed by atoms with Crippen molar-refractivity contribution in [1.29, 1.82) is 0 Å². The number of hydrogen-bond acceptors (Lipinski definition) is 3. The molecule has 0 heterocycles. The Labute approximate surface area is 160 Å². The van der Waals surface area contributed by atoms with Crippen LogP contribution in [0.2, 0.25) is 0 Å². The van der Waals surface area contributed by atoms with E-state index in [9.17, 15) is 4.39 Å². The van der Waals surface area contributed by atoms with Crippen molar-refractivity contribution in [2.24, 2.45) is 16.6 Å². The zero-order valence-electron chi connectivity index (χ0n) is 17.5. The third-order valence-electron chi connectivity index (χ3n) is 4.38. The van der Waals surface area contributed by atoms with E-state index in [1.165, 1.54) is 25.3 Å². The van der Waals surface area contributed by atoms with Crippen LogP contribution in [0.4, 0.5) is 10.1 Å². The summed E-state index contributed by atoms with van der Waals surface area (Å²) in [6.07, 6.45) is 6.87. The van der Waals surface area contributed by atoms with E-state index >= 15 is 0 Å². The molecule has 0 aliphatic carbocycles. The SMILES string of the molecule is CC.CCC(CC)CCNC/C(C=Nc1cc(F)cc(C(C)C)c1)=C/N. The minimum atomic E-state index is -0.255. The van der Waals surface area contributed by atoms with Crippen molar-refractivity contribution in [1.82, 2.24) is 5.32 Å². The normalized spacial score (nSPS) is 12.0. The van der Waals surface area contributed by atoms with E-state index < -0.39 is 0 Å². The van der Waals surface area contributed by atoms with Crippen molar-refractivity contribution in [2.45, 2.75) is 66.7 Å². The van der Waals surface area contributed by atoms with Crippen LogP contribution in [0.15, 0.2) is 35.0 Å². The molecule has 1 aromatic rings. The number of benzene rings is 1. The zero-order valence-corrected chi connectivity index (χ0v) is 17.5. The summed E-state index contributed by atoms with van der Waals surface area (Å²) in [7, 11) is 0. The molecule has 4 heteroatoms. The van der Waals surface area contributed by atoms with Crippen LogP contribution in [-0.2, 0) is 0 Å². The highest BCUT2D eigenvalue weighted by atomic mass is 19.1. The number of nitrogens with zero attached hydrogens (tertiary/aromatic N) is 1. The largest absolute Gasteiger partial charge is 0.404 e. The molecular weight excluding hydrogens is 325 g/mol. The second kappa shape index (κ2) is 14.5. The van der Waals surface area contributed by atoms with Gasteiger partial charge < -0.3 is 11.1 Å². The lowest BCUT2D eigenvalue weighted by molar-refractivity contribution is 0.444. The summed E-state index contributed by atoms with van der Waals surface area (Å²) >= 11 is 0. The molecule has 0 bridgehead atoms. The Morgan fingerprint density at radius 3 is 2.38 bits per heavy atom. The van der Waals surface area contributed by atoms with E-state index in [0.717, 1.165) is 23.6 Å². The third kappa shape index (κ3) is 9.71. The summed E-state index contributed by atoms with van der Waals surface area (Å²) in [4.78, 5) is 4.37. The van der Waals surface area contributed by atoms with Gasteiger partial charge >= 0.3 is 0 Å². The highest BCUT2D eigenvalue weighted by Gasteiger charge is 2.04. The fourth-order valence-corrected chi connectivity index (χ4v) is 2.55. The third-order valence-corrected chi connectivity index (χ3v) is 4.38. The summed E-state index contributed by atoms with van der Waals surface area (Å²) in [5, 5.41) is 3.40. The number of nitrogens with two attached hydrogens (primary N) is 1. The summed E-state index contributed by atoms with van der Waals surface area (Å²) in [6.45, 7) is 14.2. The number of aliphatic imine (C=N–C) groups is 1. The number of nitrogens with one attached hydrogen (secondary N) is 1. The molecule has 26 heavy (non-hydrogen) atoms. The fraction of sp³-hybridized carbons (Fsp3) is 0.591. The molecule has 0 unspecified atom stereocenters. The molecule has 0 spiro atoms. The Morgan fingerprint density at radius 2 is 1.85 bits per heavy atom. The molecule has 1 aromatic carbocycles. The summed E-state index contributed by atoms with van der Waals surface area (Å²) in [6, 6.07) is 4.92. The van der Waals surface area contributed by atoms with Crippen LogP contribution < -0.4 is 11.1 Å². The van der Waals surface area contributed by atoms with Crippen molar-refractivity contribution < 1.29 is 4.39 Å². The minimum Gasteiger partial charge on any atom is -0.404 e. The van der Waals surface area contributed by atoms with Crippen LogP contribution >= 0.6 is 0 Å². The number of hydrogen-bond donors (Lipinski definition) is 2. The van der Waals surface area contributed by atoms with Gasteiger partial charge in [0.15, 0.2) is 0 Å². The van der Waals surface area contributed by atoms with Gasteiger partial charge in [-0.2, -0.15) is 0 Å². The molecule has 0 saturated heterocycles. The van der Waals surface area contributed by atoms with E-state index in [-0.39, 0.29) is 11.7 Å². The fourth-order valence-electron chi connectivity index (χ4n) is 2.55. The lowest BCUT2D eigenvalue weighted by Crippen LogP contribution is -2.21. The Kier molecular flexibility index (Phi) is 13.5. The summed E-state index contributed by atoms with van der Waals surface area (Å²) in [5.74, 6) is 0.791. The monoisotopic (exact) mass is 363 g/mol. The molecule has 0 aromatic heterocycles. The van der Waals surface area contributed by atoms with Gasteiger partial charge in [0, 0.05) is 12.8 Å². The van der Waals surface area contributed by atoms with Crippen molar-refractivity contribution in [3.8, 4) is 0 Å². The van der Waals surface area contributed by atoms with Gasteiger partial charge in [-0.3, -0.25) is 4.99 Å². The predicted octanol–water partition coefficient (Wildman–Crippen LogP) is 5.94. The number of rotatable bonds is 10. The molecule has 0 aliphatic heterocycles. The van der Waals surface area contributed by atoms with Gasteiger partial charge in [-0.05, 0) is 60.3 Å². The molecule has 0 atom stereocenters. The lowest BCUT2D eigenvalue weighted by atomic mass is 10.00. The number of halogens is 1. The predicted molar refractivity (Wildman–Crippen MR) is 114 cm³/mol. The Morgan fingerprint density at radius 1 is 1.19 bits per heavy atom. The average Bonchev–Trinajstić information content (AvgIpc) is 2.65. The van der Waals surface area contributed by atoms with Crippen molar-refractivity contribution in [3.63, 3.8) is 0 Å². The van der Waals surface area contributed by atoms with Crippen molar-refractivity contribution >= 4 is 11.9 Å². The first-order valence-corrected chi connectivity index (χ1v) is 9.96. The van der Waals surface area contributed by atoms with Crippen LogP contribution in [0.3, 0.4) is 0 Å². The first kappa shape index (κ1) is 24.3. The molecule has 0 fully saturated rings. The minimum absolute atomic E-state index is 0.255. The highest BCUT2D eigenvalue weighted by molar-refractivity contribution is 5.81. The maximum atomic E-state index is 13.7. The Hall–Kier alpha value is -1.68. The van der Waals surface area contributed by atoms with Crippen molar-refractivity contribution in [2.75, 3.05) is 13.1 Å². The molecule has 1 rings (SSSR count). The van der Waals surface area contributed by atoms with Crippen LogP contribution in [0.25, 0.3) is 0 Å². The Bertz CT molecular complexity index is 546.